The number of ketones is 1. The molecule has 0 aliphatic rings. The van der Waals surface area contributed by atoms with Gasteiger partial charge in [-0.1, -0.05) is 5.16 Å². The highest BCUT2D eigenvalue weighted by atomic mass is 19.1. The molecule has 0 atom stereocenters. The summed E-state index contributed by atoms with van der Waals surface area (Å²) in [6.45, 7) is -0.689. The molecule has 0 radical (unpaired) electrons. The number of hydrogen-bond acceptors (Lipinski definition) is 5. The summed E-state index contributed by atoms with van der Waals surface area (Å²) in [5, 5.41) is 12.1. The summed E-state index contributed by atoms with van der Waals surface area (Å²) in [4.78, 5) is 14.8. The van der Waals surface area contributed by atoms with Crippen LogP contribution in [0.3, 0.4) is 0 Å². The number of rotatable bonds is 3. The summed E-state index contributed by atoms with van der Waals surface area (Å²) >= 11 is 0. The molecule has 1 heterocycles. The fourth-order valence-corrected chi connectivity index (χ4v) is 1.12. The van der Waals surface area contributed by atoms with Crippen LogP contribution in [0.5, 0.6) is 0 Å². The number of aliphatic hydroxyl groups excluding tert-OH is 1. The Morgan fingerprint density at radius 1 is 1.38 bits per heavy atom. The van der Waals surface area contributed by atoms with Gasteiger partial charge in [0.15, 0.2) is 0 Å². The van der Waals surface area contributed by atoms with E-state index in [9.17, 15) is 9.18 Å². The molecule has 0 aliphatic carbocycles. The van der Waals surface area contributed by atoms with Crippen molar-refractivity contribution in [2.24, 2.45) is 0 Å². The van der Waals surface area contributed by atoms with Gasteiger partial charge in [0.1, 0.15) is 12.4 Å². The highest BCUT2D eigenvalue weighted by Gasteiger charge is 2.14. The van der Waals surface area contributed by atoms with Gasteiger partial charge in [0.05, 0.1) is 0 Å². The van der Waals surface area contributed by atoms with Gasteiger partial charge >= 0.3 is 0 Å². The van der Waals surface area contributed by atoms with Crippen molar-refractivity contribution in [3.63, 3.8) is 0 Å². The van der Waals surface area contributed by atoms with E-state index in [2.05, 4.69) is 14.7 Å². The molecule has 6 heteroatoms. The maximum Gasteiger partial charge on any atom is 0.296 e. The molecule has 16 heavy (non-hydrogen) atoms. The molecule has 0 aliphatic heterocycles. The number of carbonyl (C=O) groups excluding carboxylic acids is 1. The van der Waals surface area contributed by atoms with E-state index < -0.39 is 12.4 Å². The van der Waals surface area contributed by atoms with Crippen LogP contribution in [0.2, 0.25) is 0 Å². The maximum absolute atomic E-state index is 12.6. The molecular weight excluding hydrogens is 215 g/mol. The third-order valence-electron chi connectivity index (χ3n) is 1.91. The zero-order valence-electron chi connectivity index (χ0n) is 8.05. The number of Topliss-reactive ketones (excluding diaryl/α,β-unsaturated/α-hetero) is 1. The molecule has 2 aromatic rings. The molecule has 0 unspecified atom stereocenters. The van der Waals surface area contributed by atoms with Crippen molar-refractivity contribution >= 4 is 5.78 Å². The molecule has 1 aromatic heterocycles. The van der Waals surface area contributed by atoms with E-state index in [0.717, 1.165) is 0 Å². The topological polar surface area (TPSA) is 76.2 Å². The van der Waals surface area contributed by atoms with E-state index in [1.807, 2.05) is 0 Å². The highest BCUT2D eigenvalue weighted by molar-refractivity contribution is 5.92. The van der Waals surface area contributed by atoms with Gasteiger partial charge in [-0.25, -0.2) is 4.39 Å². The Balaban J connectivity index is 2.31. The number of halogens is 1. The molecule has 0 spiro atoms. The second-order valence-electron chi connectivity index (χ2n) is 3.01. The lowest BCUT2D eigenvalue weighted by molar-refractivity contribution is 0.0859. The van der Waals surface area contributed by atoms with Crippen LogP contribution in [0.25, 0.3) is 11.4 Å². The number of benzene rings is 1. The molecule has 1 aromatic carbocycles. The van der Waals surface area contributed by atoms with Crippen molar-refractivity contribution < 1.29 is 18.8 Å². The highest BCUT2D eigenvalue weighted by Crippen LogP contribution is 2.16. The average Bonchev–Trinajstić information content (AvgIpc) is 2.78. The van der Waals surface area contributed by atoms with Gasteiger partial charge in [-0.2, -0.15) is 4.98 Å². The van der Waals surface area contributed by atoms with E-state index in [4.69, 9.17) is 5.11 Å². The van der Waals surface area contributed by atoms with Crippen molar-refractivity contribution in [3.05, 3.63) is 36.0 Å². The van der Waals surface area contributed by atoms with E-state index >= 15 is 0 Å². The summed E-state index contributed by atoms with van der Waals surface area (Å²) < 4.78 is 17.3. The second-order valence-corrected chi connectivity index (χ2v) is 3.01. The van der Waals surface area contributed by atoms with Crippen molar-refractivity contribution in [2.75, 3.05) is 6.61 Å². The molecule has 0 saturated carbocycles. The van der Waals surface area contributed by atoms with Crippen LogP contribution in [0.4, 0.5) is 4.39 Å². The van der Waals surface area contributed by atoms with Crippen molar-refractivity contribution in [1.82, 2.24) is 10.1 Å². The Bertz CT molecular complexity index is 507. The summed E-state index contributed by atoms with van der Waals surface area (Å²) in [5.41, 5.74) is 0.530. The summed E-state index contributed by atoms with van der Waals surface area (Å²) in [5.74, 6) is -1.11. The molecule has 0 saturated heterocycles. The van der Waals surface area contributed by atoms with E-state index in [1.165, 1.54) is 24.3 Å². The zero-order valence-corrected chi connectivity index (χ0v) is 8.05. The zero-order chi connectivity index (χ0) is 11.5. The van der Waals surface area contributed by atoms with Crippen LogP contribution >= 0.6 is 0 Å². The normalized spacial score (nSPS) is 10.4. The van der Waals surface area contributed by atoms with Gasteiger partial charge in [-0.3, -0.25) is 4.79 Å². The fourth-order valence-electron chi connectivity index (χ4n) is 1.12. The van der Waals surface area contributed by atoms with Crippen LogP contribution in [0.15, 0.2) is 28.8 Å². The molecule has 1 N–H and O–H groups in total. The quantitative estimate of drug-likeness (QED) is 0.785. The second kappa shape index (κ2) is 4.19. The number of nitrogens with zero attached hydrogens (tertiary/aromatic N) is 2. The first-order chi connectivity index (χ1) is 7.70. The Morgan fingerprint density at radius 3 is 2.69 bits per heavy atom. The van der Waals surface area contributed by atoms with Gasteiger partial charge in [0.2, 0.25) is 11.6 Å². The van der Waals surface area contributed by atoms with Gasteiger partial charge < -0.3 is 9.63 Å². The first-order valence-electron chi connectivity index (χ1n) is 4.44. The standard InChI is InChI=1S/C10H7FN2O3/c11-7-3-1-6(2-4-7)9-12-10(16-13-9)8(15)5-14/h1-4,14H,5H2. The van der Waals surface area contributed by atoms with Crippen LogP contribution in [-0.4, -0.2) is 27.6 Å². The minimum Gasteiger partial charge on any atom is -0.388 e. The Morgan fingerprint density at radius 2 is 2.06 bits per heavy atom. The predicted octanol–water partition coefficient (Wildman–Crippen LogP) is 1.05. The predicted molar refractivity (Wildman–Crippen MR) is 51.1 cm³/mol. The third kappa shape index (κ3) is 1.96. The third-order valence-corrected chi connectivity index (χ3v) is 1.91. The molecule has 0 bridgehead atoms. The minimum absolute atomic E-state index is 0.178. The first-order valence-corrected chi connectivity index (χ1v) is 4.44. The number of aromatic nitrogens is 2. The lowest BCUT2D eigenvalue weighted by atomic mass is 10.2. The van der Waals surface area contributed by atoms with E-state index in [1.54, 1.807) is 0 Å². The van der Waals surface area contributed by atoms with Crippen molar-refractivity contribution in [2.45, 2.75) is 0 Å². The minimum atomic E-state index is -0.689. The van der Waals surface area contributed by atoms with E-state index in [0.29, 0.717) is 5.56 Å². The Kier molecular flexibility index (Phi) is 2.74. The lowest BCUT2D eigenvalue weighted by Gasteiger charge is -1.92. The largest absolute Gasteiger partial charge is 0.388 e. The fraction of sp³-hybridized carbons (Fsp3) is 0.100. The van der Waals surface area contributed by atoms with Gasteiger partial charge in [-0.05, 0) is 24.3 Å². The van der Waals surface area contributed by atoms with Gasteiger partial charge in [0, 0.05) is 5.56 Å². The molecule has 0 fully saturated rings. The maximum atomic E-state index is 12.6. The molecule has 2 rings (SSSR count). The van der Waals surface area contributed by atoms with Gasteiger partial charge in [0.25, 0.3) is 5.89 Å². The van der Waals surface area contributed by atoms with Crippen LogP contribution in [-0.2, 0) is 0 Å². The monoisotopic (exact) mass is 222 g/mol. The molecule has 0 amide bonds. The number of carbonyl (C=O) groups is 1. The smallest absolute Gasteiger partial charge is 0.296 e. The van der Waals surface area contributed by atoms with Crippen LogP contribution in [0.1, 0.15) is 10.7 Å². The van der Waals surface area contributed by atoms with Crippen LogP contribution in [0, 0.1) is 5.82 Å². The molecule has 82 valence electrons. The van der Waals surface area contributed by atoms with Gasteiger partial charge in [-0.15, -0.1) is 0 Å². The summed E-state index contributed by atoms with van der Waals surface area (Å²) in [7, 11) is 0. The van der Waals surface area contributed by atoms with E-state index in [-0.39, 0.29) is 17.5 Å². The SMILES string of the molecule is O=C(CO)c1nc(-c2ccc(F)cc2)no1. The first kappa shape index (κ1) is 10.4. The summed E-state index contributed by atoms with van der Waals surface area (Å²) in [6.07, 6.45) is 0. The van der Waals surface area contributed by atoms with Crippen molar-refractivity contribution in [1.29, 1.82) is 0 Å². The summed E-state index contributed by atoms with van der Waals surface area (Å²) in [6, 6.07) is 5.43. The lowest BCUT2D eigenvalue weighted by Crippen LogP contribution is -2.04. The molecular formula is C10H7FN2O3. The van der Waals surface area contributed by atoms with Crippen LogP contribution < -0.4 is 0 Å². The Labute approximate surface area is 89.5 Å². The number of aliphatic hydroxyl groups is 1. The molecule has 5 nitrogen and oxygen atoms in total. The Hall–Kier alpha value is -2.08. The average molecular weight is 222 g/mol. The number of hydrogen-bond donors (Lipinski definition) is 1. The van der Waals surface area contributed by atoms with Crippen molar-refractivity contribution in [3.8, 4) is 11.4 Å².